The van der Waals surface area contributed by atoms with Crippen LogP contribution in [0, 0.1) is 5.82 Å². The van der Waals surface area contributed by atoms with Crippen molar-refractivity contribution in [3.05, 3.63) is 71.1 Å². The summed E-state index contributed by atoms with van der Waals surface area (Å²) in [4.78, 5) is 17.3. The number of nitrogens with zero attached hydrogens (tertiary/aromatic N) is 2. The standard InChI is InChI=1S/C28H37FN4OS/c1-7-21-16-20(17-24(29)27(21)31-35-6)19-30-26(34)11-9-22-8-10-23(28(2,3)4)18-25(22)33-14-12-32(5)13-15-33/h7-11,16-18,31H,1,12-15,19H2,2-6H3,(H,30,34)/b11-9+. The summed E-state index contributed by atoms with van der Waals surface area (Å²) in [5.41, 5.74) is 5.23. The van der Waals surface area contributed by atoms with Crippen molar-refractivity contribution < 1.29 is 9.18 Å². The number of carbonyl (C=O) groups excluding carboxylic acids is 1. The van der Waals surface area contributed by atoms with Crippen LogP contribution in [-0.2, 0) is 16.8 Å². The quantitative estimate of drug-likeness (QED) is 0.371. The lowest BCUT2D eigenvalue weighted by Gasteiger charge is -2.35. The number of benzene rings is 2. The highest BCUT2D eigenvalue weighted by molar-refractivity contribution is 7.99. The molecule has 35 heavy (non-hydrogen) atoms. The van der Waals surface area contributed by atoms with Gasteiger partial charge in [0.25, 0.3) is 0 Å². The van der Waals surface area contributed by atoms with Crippen LogP contribution in [0.15, 0.2) is 43.0 Å². The number of likely N-dealkylation sites (N-methyl/N-ethyl adjacent to an activating group) is 1. The summed E-state index contributed by atoms with van der Waals surface area (Å²) in [6, 6.07) is 9.76. The molecular weight excluding hydrogens is 459 g/mol. The van der Waals surface area contributed by atoms with Crippen LogP contribution in [0.4, 0.5) is 15.8 Å². The third kappa shape index (κ3) is 7.12. The summed E-state index contributed by atoms with van der Waals surface area (Å²) in [5, 5.41) is 2.87. The van der Waals surface area contributed by atoms with Crippen molar-refractivity contribution in [3.63, 3.8) is 0 Å². The summed E-state index contributed by atoms with van der Waals surface area (Å²) < 4.78 is 17.4. The van der Waals surface area contributed by atoms with Crippen LogP contribution in [0.2, 0.25) is 0 Å². The van der Waals surface area contributed by atoms with Gasteiger partial charge < -0.3 is 19.8 Å². The van der Waals surface area contributed by atoms with E-state index in [0.29, 0.717) is 16.8 Å². The molecule has 1 amide bonds. The minimum Gasteiger partial charge on any atom is -0.368 e. The maximum Gasteiger partial charge on any atom is 0.244 e. The fourth-order valence-corrected chi connectivity index (χ4v) is 4.46. The molecule has 1 saturated heterocycles. The lowest BCUT2D eigenvalue weighted by molar-refractivity contribution is -0.116. The van der Waals surface area contributed by atoms with Crippen LogP contribution in [0.5, 0.6) is 0 Å². The van der Waals surface area contributed by atoms with E-state index in [1.165, 1.54) is 23.6 Å². The third-order valence-electron chi connectivity index (χ3n) is 6.23. The Bertz CT molecular complexity index is 1090. The first kappa shape index (κ1) is 26.8. The zero-order valence-corrected chi connectivity index (χ0v) is 22.3. The maximum absolute atomic E-state index is 14.5. The molecule has 2 aromatic rings. The highest BCUT2D eigenvalue weighted by atomic mass is 32.2. The van der Waals surface area contributed by atoms with Gasteiger partial charge in [0.05, 0.1) is 5.69 Å². The molecule has 0 aliphatic carbocycles. The third-order valence-corrected chi connectivity index (χ3v) is 6.63. The fourth-order valence-electron chi connectivity index (χ4n) is 4.05. The fraction of sp³-hybridized carbons (Fsp3) is 0.393. The Labute approximate surface area is 213 Å². The van der Waals surface area contributed by atoms with Crippen LogP contribution in [0.3, 0.4) is 0 Å². The van der Waals surface area contributed by atoms with Gasteiger partial charge in [0, 0.05) is 56.3 Å². The van der Waals surface area contributed by atoms with Crippen molar-refractivity contribution in [2.45, 2.75) is 32.7 Å². The molecule has 1 heterocycles. The van der Waals surface area contributed by atoms with Crippen LogP contribution in [-0.4, -0.2) is 50.3 Å². The van der Waals surface area contributed by atoms with Gasteiger partial charge in [0.15, 0.2) is 0 Å². The lowest BCUT2D eigenvalue weighted by atomic mass is 9.86. The molecule has 2 aromatic carbocycles. The first-order valence-corrected chi connectivity index (χ1v) is 13.1. The highest BCUT2D eigenvalue weighted by Crippen LogP contribution is 2.31. The number of halogens is 1. The van der Waals surface area contributed by atoms with Gasteiger partial charge in [-0.1, -0.05) is 57.5 Å². The van der Waals surface area contributed by atoms with Crippen molar-refractivity contribution in [1.29, 1.82) is 0 Å². The minimum absolute atomic E-state index is 0.0431. The monoisotopic (exact) mass is 496 g/mol. The van der Waals surface area contributed by atoms with Gasteiger partial charge in [0.2, 0.25) is 5.91 Å². The normalized spacial score (nSPS) is 14.9. The number of hydrogen-bond acceptors (Lipinski definition) is 5. The predicted octanol–water partition coefficient (Wildman–Crippen LogP) is 5.54. The number of hydrogen-bond donors (Lipinski definition) is 2. The van der Waals surface area contributed by atoms with Gasteiger partial charge >= 0.3 is 0 Å². The molecule has 1 aliphatic rings. The Morgan fingerprint density at radius 2 is 1.86 bits per heavy atom. The summed E-state index contributed by atoms with van der Waals surface area (Å²) in [5.74, 6) is -0.589. The van der Waals surface area contributed by atoms with Gasteiger partial charge in [-0.3, -0.25) is 4.79 Å². The van der Waals surface area contributed by atoms with Gasteiger partial charge in [-0.15, -0.1) is 0 Å². The minimum atomic E-state index is -0.368. The van der Waals surface area contributed by atoms with E-state index in [-0.39, 0.29) is 23.7 Å². The average Bonchev–Trinajstić information content (AvgIpc) is 2.82. The van der Waals surface area contributed by atoms with Crippen LogP contribution in [0.25, 0.3) is 12.2 Å². The largest absolute Gasteiger partial charge is 0.368 e. The molecule has 7 heteroatoms. The van der Waals surface area contributed by atoms with Crippen LogP contribution < -0.4 is 14.9 Å². The second kappa shape index (κ2) is 11.8. The summed E-state index contributed by atoms with van der Waals surface area (Å²) >= 11 is 1.32. The van der Waals surface area contributed by atoms with E-state index < -0.39 is 0 Å². The molecule has 0 radical (unpaired) electrons. The zero-order valence-electron chi connectivity index (χ0n) is 21.5. The van der Waals surface area contributed by atoms with E-state index in [2.05, 4.69) is 72.4 Å². The summed E-state index contributed by atoms with van der Waals surface area (Å²) in [6.07, 6.45) is 6.86. The molecule has 3 rings (SSSR count). The number of anilines is 2. The molecule has 0 spiro atoms. The Morgan fingerprint density at radius 1 is 1.14 bits per heavy atom. The Morgan fingerprint density at radius 3 is 2.49 bits per heavy atom. The van der Waals surface area contributed by atoms with Crippen molar-refractivity contribution in [1.82, 2.24) is 10.2 Å². The van der Waals surface area contributed by atoms with E-state index in [4.69, 9.17) is 0 Å². The molecular formula is C28H37FN4OS. The molecule has 0 unspecified atom stereocenters. The second-order valence-corrected chi connectivity index (χ2v) is 10.5. The zero-order chi connectivity index (χ0) is 25.6. The van der Waals surface area contributed by atoms with E-state index in [1.54, 1.807) is 12.2 Å². The van der Waals surface area contributed by atoms with Crippen LogP contribution in [0.1, 0.15) is 43.0 Å². The Kier molecular flexibility index (Phi) is 9.03. The number of rotatable bonds is 8. The van der Waals surface area contributed by atoms with Gasteiger partial charge in [-0.2, -0.15) is 0 Å². The first-order valence-electron chi connectivity index (χ1n) is 11.9. The molecule has 0 aromatic heterocycles. The predicted molar refractivity (Wildman–Crippen MR) is 149 cm³/mol. The van der Waals surface area contributed by atoms with Crippen molar-refractivity contribution in [3.8, 4) is 0 Å². The lowest BCUT2D eigenvalue weighted by Crippen LogP contribution is -2.44. The molecule has 1 fully saturated rings. The van der Waals surface area contributed by atoms with E-state index in [0.717, 1.165) is 37.4 Å². The van der Waals surface area contributed by atoms with Crippen molar-refractivity contribution in [2.75, 3.05) is 49.1 Å². The van der Waals surface area contributed by atoms with Gasteiger partial charge in [0.1, 0.15) is 5.82 Å². The van der Waals surface area contributed by atoms with Gasteiger partial charge in [-0.05, 0) is 53.4 Å². The molecule has 0 atom stereocenters. The second-order valence-electron chi connectivity index (χ2n) is 9.92. The number of piperazine rings is 1. The molecule has 188 valence electrons. The topological polar surface area (TPSA) is 47.6 Å². The first-order chi connectivity index (χ1) is 16.6. The number of carbonyl (C=O) groups is 1. The Balaban J connectivity index is 1.75. The van der Waals surface area contributed by atoms with Crippen LogP contribution >= 0.6 is 11.9 Å². The SMILES string of the molecule is C=Cc1cc(CNC(=O)/C=C/c2ccc(C(C)(C)C)cc2N2CCN(C)CC2)cc(F)c1NSC. The number of amides is 1. The van der Waals surface area contributed by atoms with E-state index in [1.807, 2.05) is 18.4 Å². The average molecular weight is 497 g/mol. The summed E-state index contributed by atoms with van der Waals surface area (Å²) in [7, 11) is 2.14. The molecule has 5 nitrogen and oxygen atoms in total. The number of nitrogens with one attached hydrogen (secondary N) is 2. The van der Waals surface area contributed by atoms with Gasteiger partial charge in [-0.25, -0.2) is 4.39 Å². The molecule has 0 bridgehead atoms. The molecule has 1 aliphatic heterocycles. The van der Waals surface area contributed by atoms with Crippen molar-refractivity contribution >= 4 is 41.4 Å². The maximum atomic E-state index is 14.5. The van der Waals surface area contributed by atoms with Crippen molar-refractivity contribution in [2.24, 2.45) is 0 Å². The Hall–Kier alpha value is -2.77. The summed E-state index contributed by atoms with van der Waals surface area (Å²) in [6.45, 7) is 14.6. The van der Waals surface area contributed by atoms with E-state index in [9.17, 15) is 9.18 Å². The highest BCUT2D eigenvalue weighted by Gasteiger charge is 2.20. The van der Waals surface area contributed by atoms with E-state index >= 15 is 0 Å². The molecule has 0 saturated carbocycles. The molecule has 2 N–H and O–H groups in total. The smallest absolute Gasteiger partial charge is 0.244 e.